The average Bonchev–Trinajstić information content (AvgIpc) is 3.21. The van der Waals surface area contributed by atoms with Crippen LogP contribution in [0.4, 0.5) is 13.2 Å². The Morgan fingerprint density at radius 3 is 2.43 bits per heavy atom. The minimum Gasteiger partial charge on any atom is -0.406 e. The largest absolute Gasteiger partial charge is 0.573 e. The highest BCUT2D eigenvalue weighted by Crippen LogP contribution is 2.68. The van der Waals surface area contributed by atoms with Crippen LogP contribution >= 0.6 is 0 Å². The maximum Gasteiger partial charge on any atom is 0.573 e. The zero-order valence-corrected chi connectivity index (χ0v) is 19.2. The summed E-state index contributed by atoms with van der Waals surface area (Å²) in [6.07, 6.45) is 1.59. The van der Waals surface area contributed by atoms with Gasteiger partial charge >= 0.3 is 6.36 Å². The van der Waals surface area contributed by atoms with Gasteiger partial charge in [-0.25, -0.2) is 9.97 Å². The van der Waals surface area contributed by atoms with E-state index in [1.807, 2.05) is 6.07 Å². The first-order valence-electron chi connectivity index (χ1n) is 11.7. The van der Waals surface area contributed by atoms with Gasteiger partial charge in [0.1, 0.15) is 17.1 Å². The van der Waals surface area contributed by atoms with Gasteiger partial charge in [-0.3, -0.25) is 4.79 Å². The Balaban J connectivity index is 1.13. The van der Waals surface area contributed by atoms with Gasteiger partial charge in [-0.15, -0.1) is 13.2 Å². The lowest BCUT2D eigenvalue weighted by atomic mass is 9.41. The number of hydrogen-bond acceptors (Lipinski definition) is 5. The van der Waals surface area contributed by atoms with E-state index in [1.165, 1.54) is 12.1 Å². The summed E-state index contributed by atoms with van der Waals surface area (Å²) in [5.74, 6) is 0.710. The standard InChI is InChI=1S/C25H25F3N4O3/c1-34-24-12-23(13-24,14-24)22-30-19-18(6-9-29-20(19)31-22)15-7-10-32(11-8-15)21(33)16-2-4-17(5-3-16)35-25(26,27)28/h2-6,9,15H,7-8,10-14H2,1H3,(H,29,30,31). The van der Waals surface area contributed by atoms with Crippen LogP contribution in [-0.2, 0) is 10.2 Å². The van der Waals surface area contributed by atoms with Crippen molar-refractivity contribution >= 4 is 17.1 Å². The number of benzene rings is 1. The van der Waals surface area contributed by atoms with Crippen molar-refractivity contribution in [2.75, 3.05) is 20.2 Å². The lowest BCUT2D eigenvalue weighted by molar-refractivity contribution is -0.274. The van der Waals surface area contributed by atoms with E-state index < -0.39 is 6.36 Å². The second-order valence-electron chi connectivity index (χ2n) is 10.0. The van der Waals surface area contributed by atoms with E-state index in [9.17, 15) is 18.0 Å². The summed E-state index contributed by atoms with van der Waals surface area (Å²) in [7, 11) is 1.77. The van der Waals surface area contributed by atoms with Gasteiger partial charge < -0.3 is 19.4 Å². The minimum absolute atomic E-state index is 0.0419. The Morgan fingerprint density at radius 2 is 1.80 bits per heavy atom. The molecule has 7 nitrogen and oxygen atoms in total. The first kappa shape index (κ1) is 22.3. The smallest absolute Gasteiger partial charge is 0.406 e. The van der Waals surface area contributed by atoms with Crippen LogP contribution in [0.15, 0.2) is 36.5 Å². The zero-order chi connectivity index (χ0) is 24.4. The molecule has 35 heavy (non-hydrogen) atoms. The van der Waals surface area contributed by atoms with Crippen molar-refractivity contribution in [1.29, 1.82) is 0 Å². The highest BCUT2D eigenvalue weighted by Gasteiger charge is 2.70. The van der Waals surface area contributed by atoms with Crippen molar-refractivity contribution in [2.45, 2.75) is 55.4 Å². The summed E-state index contributed by atoms with van der Waals surface area (Å²) in [6.45, 7) is 1.12. The maximum absolute atomic E-state index is 12.9. The Kier molecular flexibility index (Phi) is 4.90. The third-order valence-electron chi connectivity index (χ3n) is 7.89. The molecule has 3 aliphatic carbocycles. The third kappa shape index (κ3) is 3.74. The van der Waals surface area contributed by atoms with Crippen molar-refractivity contribution in [3.8, 4) is 5.75 Å². The van der Waals surface area contributed by atoms with Crippen molar-refractivity contribution < 1.29 is 27.4 Å². The monoisotopic (exact) mass is 486 g/mol. The number of carbonyl (C=O) groups is 1. The molecule has 3 aromatic rings. The number of H-pyrrole nitrogens is 1. The van der Waals surface area contributed by atoms with E-state index >= 15 is 0 Å². The highest BCUT2D eigenvalue weighted by molar-refractivity contribution is 5.94. The number of aromatic nitrogens is 3. The number of ether oxygens (including phenoxy) is 2. The molecule has 0 spiro atoms. The number of nitrogens with zero attached hydrogens (tertiary/aromatic N) is 3. The molecule has 0 atom stereocenters. The van der Waals surface area contributed by atoms with E-state index in [2.05, 4.69) is 14.7 Å². The van der Waals surface area contributed by atoms with Gasteiger partial charge in [0.2, 0.25) is 0 Å². The number of hydrogen-bond donors (Lipinski definition) is 1. The van der Waals surface area contributed by atoms with Gasteiger partial charge in [-0.05, 0) is 73.9 Å². The summed E-state index contributed by atoms with van der Waals surface area (Å²) < 4.78 is 46.6. The third-order valence-corrected chi connectivity index (χ3v) is 7.89. The summed E-state index contributed by atoms with van der Waals surface area (Å²) in [5.41, 5.74) is 3.32. The molecular formula is C25H25F3N4O3. The molecule has 1 aliphatic heterocycles. The molecular weight excluding hydrogens is 461 g/mol. The van der Waals surface area contributed by atoms with Gasteiger partial charge in [-0.1, -0.05) is 0 Å². The quantitative estimate of drug-likeness (QED) is 0.566. The summed E-state index contributed by atoms with van der Waals surface area (Å²) in [6, 6.07) is 7.08. The minimum atomic E-state index is -4.76. The fourth-order valence-electron chi connectivity index (χ4n) is 6.05. The first-order chi connectivity index (χ1) is 16.7. The fraction of sp³-hybridized carbons (Fsp3) is 0.480. The Morgan fingerprint density at radius 1 is 1.11 bits per heavy atom. The molecule has 1 saturated heterocycles. The van der Waals surface area contributed by atoms with Crippen molar-refractivity contribution in [1.82, 2.24) is 19.9 Å². The molecule has 3 heterocycles. The van der Waals surface area contributed by atoms with Crippen molar-refractivity contribution in [3.63, 3.8) is 0 Å². The zero-order valence-electron chi connectivity index (χ0n) is 19.2. The van der Waals surface area contributed by atoms with E-state index in [-0.39, 0.29) is 28.6 Å². The summed E-state index contributed by atoms with van der Waals surface area (Å²) >= 11 is 0. The maximum atomic E-state index is 12.9. The molecule has 2 bridgehead atoms. The van der Waals surface area contributed by atoms with Crippen LogP contribution < -0.4 is 4.74 Å². The number of fused-ring (bicyclic) bond motifs is 1. The van der Waals surface area contributed by atoms with Gasteiger partial charge in [0.05, 0.1) is 5.60 Å². The van der Waals surface area contributed by atoms with Gasteiger partial charge in [-0.2, -0.15) is 0 Å². The first-order valence-corrected chi connectivity index (χ1v) is 11.7. The molecule has 0 radical (unpaired) electrons. The van der Waals surface area contributed by atoms with Crippen LogP contribution in [0.1, 0.15) is 59.8 Å². The number of pyridine rings is 1. The van der Waals surface area contributed by atoms with E-state index in [0.717, 1.165) is 66.8 Å². The van der Waals surface area contributed by atoms with Gasteiger partial charge in [0, 0.05) is 37.4 Å². The van der Waals surface area contributed by atoms with Crippen LogP contribution in [0.5, 0.6) is 5.75 Å². The predicted octanol–water partition coefficient (Wildman–Crippen LogP) is 4.70. The van der Waals surface area contributed by atoms with Crippen molar-refractivity contribution in [2.24, 2.45) is 0 Å². The number of rotatable bonds is 5. The van der Waals surface area contributed by atoms with Crippen LogP contribution in [0.3, 0.4) is 0 Å². The Labute approximate surface area is 199 Å². The molecule has 0 unspecified atom stereocenters. The second-order valence-corrected chi connectivity index (χ2v) is 10.0. The summed E-state index contributed by atoms with van der Waals surface area (Å²) in [5, 5.41) is 0. The van der Waals surface area contributed by atoms with Crippen LogP contribution in [0.25, 0.3) is 11.2 Å². The molecule has 1 amide bonds. The number of amides is 1. The Bertz CT molecular complexity index is 1260. The van der Waals surface area contributed by atoms with E-state index in [0.29, 0.717) is 18.7 Å². The number of alkyl halides is 3. The molecule has 4 aliphatic rings. The van der Waals surface area contributed by atoms with Crippen molar-refractivity contribution in [3.05, 3.63) is 53.5 Å². The normalized spacial score (nSPS) is 26.3. The molecule has 1 N–H and O–H groups in total. The van der Waals surface area contributed by atoms with E-state index in [1.54, 1.807) is 18.2 Å². The summed E-state index contributed by atoms with van der Waals surface area (Å²) in [4.78, 5) is 27.5. The topological polar surface area (TPSA) is 80.3 Å². The molecule has 3 saturated carbocycles. The SMILES string of the molecule is COC12CC(c3nc4c(C5CCN(C(=O)c6ccc(OC(F)(F)F)cc6)CC5)ccnc4[nH]3)(C1)C2. The molecule has 1 aromatic carbocycles. The number of piperidine rings is 1. The number of imidazole rings is 1. The molecule has 10 heteroatoms. The number of likely N-dealkylation sites (tertiary alicyclic amines) is 1. The average molecular weight is 486 g/mol. The Hall–Kier alpha value is -3.14. The number of nitrogens with one attached hydrogen (secondary N) is 1. The van der Waals surface area contributed by atoms with Crippen LogP contribution in [0.2, 0.25) is 0 Å². The molecule has 2 aromatic heterocycles. The number of halogens is 3. The molecule has 184 valence electrons. The highest BCUT2D eigenvalue weighted by atomic mass is 19.4. The number of aromatic amines is 1. The second kappa shape index (κ2) is 7.68. The van der Waals surface area contributed by atoms with Gasteiger partial charge in [0.15, 0.2) is 5.65 Å². The molecule has 4 fully saturated rings. The van der Waals surface area contributed by atoms with E-state index in [4.69, 9.17) is 9.72 Å². The van der Waals surface area contributed by atoms with Crippen LogP contribution in [0, 0.1) is 0 Å². The fourth-order valence-corrected chi connectivity index (χ4v) is 6.05. The lowest BCUT2D eigenvalue weighted by Gasteiger charge is -2.68. The van der Waals surface area contributed by atoms with Gasteiger partial charge in [0.25, 0.3) is 5.91 Å². The number of carbonyl (C=O) groups excluding carboxylic acids is 1. The number of methoxy groups -OCH3 is 1. The predicted molar refractivity (Wildman–Crippen MR) is 120 cm³/mol. The lowest BCUT2D eigenvalue weighted by Crippen LogP contribution is -2.70. The molecule has 7 rings (SSSR count). The van der Waals surface area contributed by atoms with Crippen LogP contribution in [-0.4, -0.2) is 57.9 Å².